The van der Waals surface area contributed by atoms with Gasteiger partial charge in [-0.05, 0) is 17.7 Å². The molecular weight excluding hydrogens is 354 g/mol. The van der Waals surface area contributed by atoms with E-state index in [2.05, 4.69) is 20.4 Å². The zero-order chi connectivity index (χ0) is 18.4. The lowest BCUT2D eigenvalue weighted by Gasteiger charge is -2.08. The van der Waals surface area contributed by atoms with Gasteiger partial charge in [-0.3, -0.25) is 14.2 Å². The highest BCUT2D eigenvalue weighted by Gasteiger charge is 2.19. The minimum atomic E-state index is -0.245. The molecule has 132 valence electrons. The summed E-state index contributed by atoms with van der Waals surface area (Å²) in [4.78, 5) is 12.0. The number of nitrogens with one attached hydrogen (secondary N) is 1. The van der Waals surface area contributed by atoms with Gasteiger partial charge in [-0.1, -0.05) is 17.7 Å². The highest BCUT2D eigenvalue weighted by atomic mass is 35.5. The molecule has 0 bridgehead atoms. The first-order chi connectivity index (χ1) is 12.5. The fourth-order valence-electron chi connectivity index (χ4n) is 3.09. The molecule has 3 heterocycles. The van der Waals surface area contributed by atoms with Crippen LogP contribution in [0.15, 0.2) is 35.4 Å². The zero-order valence-corrected chi connectivity index (χ0v) is 14.9. The number of nitrogens with two attached hydrogens (primary N) is 1. The number of halogens is 1. The van der Waals surface area contributed by atoms with Gasteiger partial charge in [-0.15, -0.1) is 0 Å². The molecule has 0 spiro atoms. The van der Waals surface area contributed by atoms with Gasteiger partial charge in [0.1, 0.15) is 5.15 Å². The Kier molecular flexibility index (Phi) is 3.86. The van der Waals surface area contributed by atoms with Gasteiger partial charge >= 0.3 is 0 Å². The van der Waals surface area contributed by atoms with E-state index in [1.54, 1.807) is 34.9 Å². The number of aryl methyl sites for hydroxylation is 2. The van der Waals surface area contributed by atoms with E-state index in [1.165, 1.54) is 0 Å². The Bertz CT molecular complexity index is 1190. The van der Waals surface area contributed by atoms with E-state index in [0.29, 0.717) is 16.2 Å². The number of benzene rings is 1. The van der Waals surface area contributed by atoms with Gasteiger partial charge in [0.15, 0.2) is 0 Å². The van der Waals surface area contributed by atoms with Crippen LogP contribution in [0, 0.1) is 0 Å². The third kappa shape index (κ3) is 2.42. The van der Waals surface area contributed by atoms with Crippen LogP contribution in [-0.2, 0) is 20.6 Å². The second-order valence-electron chi connectivity index (χ2n) is 5.97. The Morgan fingerprint density at radius 2 is 1.85 bits per heavy atom. The monoisotopic (exact) mass is 369 g/mol. The van der Waals surface area contributed by atoms with E-state index >= 15 is 0 Å². The van der Waals surface area contributed by atoms with E-state index in [-0.39, 0.29) is 12.1 Å². The normalized spacial score (nSPS) is 11.4. The molecule has 0 unspecified atom stereocenters. The SMILES string of the molecule is Cn1ncc(-c2c(-c3ccc4c(=O)[nH]nc(CN)c4c3)cnn2C)c1Cl. The first-order valence-electron chi connectivity index (χ1n) is 7.93. The molecule has 26 heavy (non-hydrogen) atoms. The van der Waals surface area contributed by atoms with Crippen LogP contribution in [0.4, 0.5) is 0 Å². The smallest absolute Gasteiger partial charge is 0.272 e. The van der Waals surface area contributed by atoms with Crippen molar-refractivity contribution in [2.75, 3.05) is 0 Å². The molecule has 0 atom stereocenters. The molecule has 0 fully saturated rings. The Morgan fingerprint density at radius 3 is 2.54 bits per heavy atom. The summed E-state index contributed by atoms with van der Waals surface area (Å²) >= 11 is 6.38. The summed E-state index contributed by atoms with van der Waals surface area (Å²) in [7, 11) is 3.63. The molecule has 9 heteroatoms. The predicted molar refractivity (Wildman–Crippen MR) is 99.7 cm³/mol. The van der Waals surface area contributed by atoms with Crippen molar-refractivity contribution < 1.29 is 0 Å². The second kappa shape index (κ2) is 6.08. The molecule has 0 amide bonds. The second-order valence-corrected chi connectivity index (χ2v) is 6.33. The van der Waals surface area contributed by atoms with Crippen molar-refractivity contribution in [1.82, 2.24) is 29.8 Å². The maximum absolute atomic E-state index is 12.0. The summed E-state index contributed by atoms with van der Waals surface area (Å²) < 4.78 is 3.35. The molecule has 0 saturated heterocycles. The summed E-state index contributed by atoms with van der Waals surface area (Å²) in [6.45, 7) is 0.227. The molecular formula is C17H16ClN7O. The van der Waals surface area contributed by atoms with Gasteiger partial charge < -0.3 is 5.73 Å². The Morgan fingerprint density at radius 1 is 1.12 bits per heavy atom. The first-order valence-corrected chi connectivity index (χ1v) is 8.30. The van der Waals surface area contributed by atoms with Crippen LogP contribution in [0.3, 0.4) is 0 Å². The summed E-state index contributed by atoms with van der Waals surface area (Å²) in [5.74, 6) is 0. The fourth-order valence-corrected chi connectivity index (χ4v) is 3.27. The summed E-state index contributed by atoms with van der Waals surface area (Å²) in [5.41, 5.74) is 9.56. The van der Waals surface area contributed by atoms with Gasteiger partial charge in [-0.2, -0.15) is 15.3 Å². The van der Waals surface area contributed by atoms with Crippen molar-refractivity contribution in [3.05, 3.63) is 51.8 Å². The number of hydrogen-bond donors (Lipinski definition) is 2. The van der Waals surface area contributed by atoms with Crippen molar-refractivity contribution in [3.63, 3.8) is 0 Å². The number of aromatic nitrogens is 6. The molecule has 8 nitrogen and oxygen atoms in total. The van der Waals surface area contributed by atoms with Crippen molar-refractivity contribution >= 4 is 22.4 Å². The van der Waals surface area contributed by atoms with Crippen LogP contribution >= 0.6 is 11.6 Å². The average Bonchev–Trinajstić information content (AvgIpc) is 3.18. The molecule has 4 aromatic rings. The number of aromatic amines is 1. The molecule has 0 saturated carbocycles. The Balaban J connectivity index is 1.98. The highest BCUT2D eigenvalue weighted by molar-refractivity contribution is 6.32. The topological polar surface area (TPSA) is 107 Å². The number of rotatable bonds is 3. The van der Waals surface area contributed by atoms with Crippen LogP contribution in [-0.4, -0.2) is 29.8 Å². The molecule has 0 aliphatic rings. The average molecular weight is 370 g/mol. The summed E-state index contributed by atoms with van der Waals surface area (Å²) in [6.07, 6.45) is 3.48. The molecule has 1 aromatic carbocycles. The van der Waals surface area contributed by atoms with E-state index in [9.17, 15) is 4.79 Å². The standard InChI is InChI=1S/C17H16ClN7O/c1-24-15(13-8-21-25(2)16(13)18)12(7-20-24)9-3-4-10-11(5-9)14(6-19)22-23-17(10)26/h3-5,7-8H,6,19H2,1-2H3,(H,23,26). The fraction of sp³-hybridized carbons (Fsp3) is 0.176. The third-order valence-electron chi connectivity index (χ3n) is 4.43. The van der Waals surface area contributed by atoms with Crippen LogP contribution in [0.25, 0.3) is 33.2 Å². The quantitative estimate of drug-likeness (QED) is 0.573. The van der Waals surface area contributed by atoms with Crippen LogP contribution in [0.5, 0.6) is 0 Å². The lowest BCUT2D eigenvalue weighted by Crippen LogP contribution is -2.13. The molecule has 4 rings (SSSR count). The number of nitrogens with zero attached hydrogens (tertiary/aromatic N) is 5. The molecule has 3 N–H and O–H groups in total. The van der Waals surface area contributed by atoms with E-state index < -0.39 is 0 Å². The molecule has 0 aliphatic carbocycles. The highest BCUT2D eigenvalue weighted by Crippen LogP contribution is 2.36. The number of hydrogen-bond acceptors (Lipinski definition) is 5. The molecule has 0 radical (unpaired) electrons. The van der Waals surface area contributed by atoms with Gasteiger partial charge in [0.05, 0.1) is 34.7 Å². The van der Waals surface area contributed by atoms with E-state index in [1.807, 2.05) is 19.2 Å². The zero-order valence-electron chi connectivity index (χ0n) is 14.2. The summed E-state index contributed by atoms with van der Waals surface area (Å²) in [5, 5.41) is 16.9. The van der Waals surface area contributed by atoms with Crippen molar-refractivity contribution in [2.45, 2.75) is 6.54 Å². The van der Waals surface area contributed by atoms with Crippen molar-refractivity contribution in [1.29, 1.82) is 0 Å². The van der Waals surface area contributed by atoms with Gasteiger partial charge in [0.2, 0.25) is 0 Å². The maximum Gasteiger partial charge on any atom is 0.272 e. The maximum atomic E-state index is 12.0. The number of H-pyrrole nitrogens is 1. The minimum absolute atomic E-state index is 0.227. The Labute approximate surface area is 153 Å². The summed E-state index contributed by atoms with van der Waals surface area (Å²) in [6, 6.07) is 5.55. The third-order valence-corrected chi connectivity index (χ3v) is 4.88. The van der Waals surface area contributed by atoms with Crippen LogP contribution < -0.4 is 11.3 Å². The van der Waals surface area contributed by atoms with Gasteiger partial charge in [0, 0.05) is 31.6 Å². The minimum Gasteiger partial charge on any atom is -0.325 e. The van der Waals surface area contributed by atoms with Crippen LogP contribution in [0.2, 0.25) is 5.15 Å². The predicted octanol–water partition coefficient (Wildman–Crippen LogP) is 1.84. The largest absolute Gasteiger partial charge is 0.325 e. The van der Waals surface area contributed by atoms with Gasteiger partial charge in [-0.25, -0.2) is 5.10 Å². The Hall–Kier alpha value is -2.97. The molecule has 0 aliphatic heterocycles. The van der Waals surface area contributed by atoms with E-state index in [0.717, 1.165) is 27.8 Å². The molecule has 3 aromatic heterocycles. The number of fused-ring (bicyclic) bond motifs is 1. The lowest BCUT2D eigenvalue weighted by atomic mass is 10.00. The van der Waals surface area contributed by atoms with Crippen molar-refractivity contribution in [3.8, 4) is 22.4 Å². The first kappa shape index (κ1) is 16.5. The van der Waals surface area contributed by atoms with Crippen LogP contribution in [0.1, 0.15) is 5.69 Å². The lowest BCUT2D eigenvalue weighted by molar-refractivity contribution is 0.766. The van der Waals surface area contributed by atoms with E-state index in [4.69, 9.17) is 17.3 Å². The van der Waals surface area contributed by atoms with Gasteiger partial charge in [0.25, 0.3) is 5.56 Å². The van der Waals surface area contributed by atoms with Crippen molar-refractivity contribution in [2.24, 2.45) is 19.8 Å².